The van der Waals surface area contributed by atoms with Gasteiger partial charge in [-0.05, 0) is 42.0 Å². The molecule has 0 saturated carbocycles. The third kappa shape index (κ3) is 3.53. The molecule has 2 aromatic rings. The summed E-state index contributed by atoms with van der Waals surface area (Å²) in [4.78, 5) is 0. The lowest BCUT2D eigenvalue weighted by Gasteiger charge is -2.11. The van der Waals surface area contributed by atoms with E-state index in [-0.39, 0.29) is 0 Å². The normalized spacial score (nSPS) is 9.90. The average molecular weight is 396 g/mol. The summed E-state index contributed by atoms with van der Waals surface area (Å²) >= 11 is 6.87. The Labute approximate surface area is 134 Å². The molecular formula is C15H12Br2N2O. The van der Waals surface area contributed by atoms with E-state index in [1.165, 1.54) is 0 Å². The van der Waals surface area contributed by atoms with Crippen molar-refractivity contribution in [2.75, 3.05) is 12.4 Å². The topological polar surface area (TPSA) is 45.0 Å². The van der Waals surface area contributed by atoms with E-state index in [4.69, 9.17) is 10.00 Å². The van der Waals surface area contributed by atoms with E-state index in [0.29, 0.717) is 12.1 Å². The molecule has 0 heterocycles. The number of benzene rings is 2. The highest BCUT2D eigenvalue weighted by molar-refractivity contribution is 9.10. The van der Waals surface area contributed by atoms with E-state index in [9.17, 15) is 0 Å². The molecule has 0 spiro atoms. The van der Waals surface area contributed by atoms with Crippen LogP contribution in [-0.4, -0.2) is 7.11 Å². The number of nitrogens with zero attached hydrogens (tertiary/aromatic N) is 1. The van der Waals surface area contributed by atoms with Crippen molar-refractivity contribution in [3.63, 3.8) is 0 Å². The van der Waals surface area contributed by atoms with E-state index in [0.717, 1.165) is 25.9 Å². The Bertz CT molecular complexity index is 665. The maximum absolute atomic E-state index is 9.14. The van der Waals surface area contributed by atoms with Crippen LogP contribution in [-0.2, 0) is 6.54 Å². The van der Waals surface area contributed by atoms with Gasteiger partial charge < -0.3 is 10.1 Å². The molecule has 0 aliphatic heterocycles. The predicted molar refractivity (Wildman–Crippen MR) is 86.9 cm³/mol. The Morgan fingerprint density at radius 1 is 1.20 bits per heavy atom. The Morgan fingerprint density at radius 3 is 2.70 bits per heavy atom. The summed E-state index contributed by atoms with van der Waals surface area (Å²) in [6.07, 6.45) is 0. The fourth-order valence-corrected chi connectivity index (χ4v) is 2.52. The molecule has 2 rings (SSSR count). The van der Waals surface area contributed by atoms with Gasteiger partial charge in [0.1, 0.15) is 11.8 Å². The van der Waals surface area contributed by atoms with Crippen LogP contribution in [0.2, 0.25) is 0 Å². The van der Waals surface area contributed by atoms with Crippen molar-refractivity contribution in [3.05, 3.63) is 56.5 Å². The van der Waals surface area contributed by atoms with Gasteiger partial charge in [-0.25, -0.2) is 0 Å². The first-order chi connectivity index (χ1) is 9.63. The molecule has 0 unspecified atom stereocenters. The van der Waals surface area contributed by atoms with Crippen molar-refractivity contribution >= 4 is 37.5 Å². The number of rotatable bonds is 4. The van der Waals surface area contributed by atoms with Gasteiger partial charge in [0, 0.05) is 15.5 Å². The largest absolute Gasteiger partial charge is 0.497 e. The van der Waals surface area contributed by atoms with Crippen molar-refractivity contribution in [2.45, 2.75) is 6.54 Å². The molecule has 0 amide bonds. The quantitative estimate of drug-likeness (QED) is 0.815. The Hall–Kier alpha value is -1.51. The van der Waals surface area contributed by atoms with Gasteiger partial charge in [0.25, 0.3) is 0 Å². The standard InChI is InChI=1S/C15H12Br2N2O/c1-20-13-3-4-14(17)11(7-13)9-19-15-5-2-12(16)6-10(15)8-18/h2-7,19H,9H2,1H3. The second-order valence-corrected chi connectivity index (χ2v) is 5.88. The van der Waals surface area contributed by atoms with Crippen molar-refractivity contribution < 1.29 is 4.74 Å². The van der Waals surface area contributed by atoms with Gasteiger partial charge in [0.15, 0.2) is 0 Å². The maximum Gasteiger partial charge on any atom is 0.119 e. The van der Waals surface area contributed by atoms with Gasteiger partial charge in [0.2, 0.25) is 0 Å². The zero-order valence-corrected chi connectivity index (χ0v) is 14.0. The van der Waals surface area contributed by atoms with Crippen molar-refractivity contribution in [1.82, 2.24) is 0 Å². The van der Waals surface area contributed by atoms with Crippen LogP contribution in [0.5, 0.6) is 5.75 Å². The highest BCUT2D eigenvalue weighted by Crippen LogP contribution is 2.25. The molecule has 2 aromatic carbocycles. The minimum absolute atomic E-state index is 0.605. The minimum Gasteiger partial charge on any atom is -0.497 e. The molecule has 0 atom stereocenters. The van der Waals surface area contributed by atoms with Gasteiger partial charge in [-0.3, -0.25) is 0 Å². The number of ether oxygens (including phenoxy) is 1. The van der Waals surface area contributed by atoms with E-state index in [1.807, 2.05) is 30.3 Å². The molecule has 0 fully saturated rings. The first-order valence-electron chi connectivity index (χ1n) is 5.90. The Morgan fingerprint density at radius 2 is 2.00 bits per heavy atom. The van der Waals surface area contributed by atoms with Crippen LogP contribution in [0.1, 0.15) is 11.1 Å². The fourth-order valence-electron chi connectivity index (χ4n) is 1.77. The maximum atomic E-state index is 9.14. The van der Waals surface area contributed by atoms with Gasteiger partial charge >= 0.3 is 0 Å². The first kappa shape index (κ1) is 14.9. The van der Waals surface area contributed by atoms with Gasteiger partial charge in [-0.1, -0.05) is 31.9 Å². The Kier molecular flexibility index (Phi) is 5.05. The number of nitrogens with one attached hydrogen (secondary N) is 1. The van der Waals surface area contributed by atoms with E-state index < -0.39 is 0 Å². The molecule has 0 aliphatic carbocycles. The van der Waals surface area contributed by atoms with E-state index in [1.54, 1.807) is 13.2 Å². The zero-order chi connectivity index (χ0) is 14.5. The highest BCUT2D eigenvalue weighted by Gasteiger charge is 2.05. The number of nitriles is 1. The van der Waals surface area contributed by atoms with Crippen molar-refractivity contribution in [2.24, 2.45) is 0 Å². The lowest BCUT2D eigenvalue weighted by Crippen LogP contribution is -2.02. The lowest BCUT2D eigenvalue weighted by atomic mass is 10.1. The summed E-state index contributed by atoms with van der Waals surface area (Å²) in [6, 6.07) is 13.6. The number of halogens is 2. The van der Waals surface area contributed by atoms with Crippen LogP contribution >= 0.6 is 31.9 Å². The summed E-state index contributed by atoms with van der Waals surface area (Å²) in [5.74, 6) is 0.807. The van der Waals surface area contributed by atoms with Crippen molar-refractivity contribution in [3.8, 4) is 11.8 Å². The average Bonchev–Trinajstić information content (AvgIpc) is 2.47. The van der Waals surface area contributed by atoms with Crippen LogP contribution < -0.4 is 10.1 Å². The molecule has 0 aromatic heterocycles. The molecular weight excluding hydrogens is 384 g/mol. The van der Waals surface area contributed by atoms with Gasteiger partial charge in [-0.2, -0.15) is 5.26 Å². The summed E-state index contributed by atoms with van der Waals surface area (Å²) in [5.41, 5.74) is 2.49. The highest BCUT2D eigenvalue weighted by atomic mass is 79.9. The second-order valence-electron chi connectivity index (χ2n) is 4.11. The summed E-state index contributed by atoms with van der Waals surface area (Å²) in [5, 5.41) is 12.4. The van der Waals surface area contributed by atoms with Gasteiger partial charge in [0.05, 0.1) is 18.4 Å². The smallest absolute Gasteiger partial charge is 0.119 e. The lowest BCUT2D eigenvalue weighted by molar-refractivity contribution is 0.414. The summed E-state index contributed by atoms with van der Waals surface area (Å²) < 4.78 is 7.11. The number of methoxy groups -OCH3 is 1. The zero-order valence-electron chi connectivity index (χ0n) is 10.8. The SMILES string of the molecule is COc1ccc(Br)c(CNc2ccc(Br)cc2C#N)c1. The summed E-state index contributed by atoms with van der Waals surface area (Å²) in [6.45, 7) is 0.605. The van der Waals surface area contributed by atoms with Crippen LogP contribution in [0, 0.1) is 11.3 Å². The molecule has 0 saturated heterocycles. The third-order valence-electron chi connectivity index (χ3n) is 2.82. The molecule has 0 bridgehead atoms. The van der Waals surface area contributed by atoms with E-state index in [2.05, 4.69) is 43.2 Å². The van der Waals surface area contributed by atoms with Crippen molar-refractivity contribution in [1.29, 1.82) is 5.26 Å². The number of anilines is 1. The minimum atomic E-state index is 0.605. The van der Waals surface area contributed by atoms with Crippen LogP contribution in [0.15, 0.2) is 45.3 Å². The Balaban J connectivity index is 2.19. The third-order valence-corrected chi connectivity index (χ3v) is 4.09. The molecule has 0 radical (unpaired) electrons. The first-order valence-corrected chi connectivity index (χ1v) is 7.48. The monoisotopic (exact) mass is 394 g/mol. The molecule has 20 heavy (non-hydrogen) atoms. The molecule has 1 N–H and O–H groups in total. The van der Waals surface area contributed by atoms with E-state index >= 15 is 0 Å². The van der Waals surface area contributed by atoms with Crippen LogP contribution in [0.4, 0.5) is 5.69 Å². The molecule has 5 heteroatoms. The van der Waals surface area contributed by atoms with Gasteiger partial charge in [-0.15, -0.1) is 0 Å². The van der Waals surface area contributed by atoms with Crippen LogP contribution in [0.3, 0.4) is 0 Å². The molecule has 0 aliphatic rings. The molecule has 102 valence electrons. The molecule has 3 nitrogen and oxygen atoms in total. The number of hydrogen-bond donors (Lipinski definition) is 1. The predicted octanol–water partition coefficient (Wildman–Crippen LogP) is 4.70. The second kappa shape index (κ2) is 6.78. The van der Waals surface area contributed by atoms with Crippen LogP contribution in [0.25, 0.3) is 0 Å². The number of hydrogen-bond acceptors (Lipinski definition) is 3. The summed E-state index contributed by atoms with van der Waals surface area (Å²) in [7, 11) is 1.64. The fraction of sp³-hybridized carbons (Fsp3) is 0.133.